The minimum atomic E-state index is -0.148. The fourth-order valence-corrected chi connectivity index (χ4v) is 4.29. The maximum absolute atomic E-state index is 12.8. The first-order valence-corrected chi connectivity index (χ1v) is 9.34. The molecule has 1 aliphatic heterocycles. The van der Waals surface area contributed by atoms with E-state index >= 15 is 0 Å². The zero-order valence-electron chi connectivity index (χ0n) is 14.2. The Kier molecular flexibility index (Phi) is 4.09. The number of hydrogen-bond acceptors (Lipinski definition) is 3. The molecule has 2 aromatic carbocycles. The van der Waals surface area contributed by atoms with E-state index in [0.717, 1.165) is 34.7 Å². The van der Waals surface area contributed by atoms with Crippen molar-refractivity contribution in [3.05, 3.63) is 65.4 Å². The lowest BCUT2D eigenvalue weighted by molar-refractivity contribution is 0.102. The maximum Gasteiger partial charge on any atom is 0.276 e. The zero-order chi connectivity index (χ0) is 17.4. The van der Waals surface area contributed by atoms with Crippen LogP contribution in [0.4, 0.5) is 5.69 Å². The smallest absolute Gasteiger partial charge is 0.276 e. The van der Waals surface area contributed by atoms with Gasteiger partial charge >= 0.3 is 0 Å². The van der Waals surface area contributed by atoms with Crippen molar-refractivity contribution in [1.29, 1.82) is 0 Å². The van der Waals surface area contributed by atoms with Crippen LogP contribution in [0.15, 0.2) is 53.4 Å². The van der Waals surface area contributed by atoms with Gasteiger partial charge in [-0.3, -0.25) is 9.48 Å². The van der Waals surface area contributed by atoms with Crippen LogP contribution in [0.1, 0.15) is 28.5 Å². The van der Waals surface area contributed by atoms with Gasteiger partial charge in [-0.05, 0) is 30.2 Å². The van der Waals surface area contributed by atoms with Gasteiger partial charge in [-0.25, -0.2) is 0 Å². The van der Waals surface area contributed by atoms with E-state index in [1.54, 1.807) is 11.8 Å². The van der Waals surface area contributed by atoms with Gasteiger partial charge in [0.05, 0.1) is 5.69 Å². The largest absolute Gasteiger partial charge is 0.321 e. The van der Waals surface area contributed by atoms with Gasteiger partial charge in [0.1, 0.15) is 0 Å². The molecule has 3 aromatic rings. The standard InChI is InChI=1S/C20H19N3OS/c1-3-13-7-6-8-14(11-13)21-20(24)18-16-12-25-17-10-5-4-9-15(17)19(16)23(2)22-18/h4-11H,3,12H2,1-2H3,(H,21,24). The van der Waals surface area contributed by atoms with Crippen molar-refractivity contribution in [1.82, 2.24) is 9.78 Å². The van der Waals surface area contributed by atoms with E-state index in [0.29, 0.717) is 5.69 Å². The number of carbonyl (C=O) groups excluding carboxylic acids is 1. The lowest BCUT2D eigenvalue weighted by atomic mass is 10.1. The second-order valence-corrected chi connectivity index (χ2v) is 7.11. The molecule has 1 aromatic heterocycles. The van der Waals surface area contributed by atoms with Gasteiger partial charge in [-0.2, -0.15) is 5.10 Å². The van der Waals surface area contributed by atoms with Crippen molar-refractivity contribution < 1.29 is 4.79 Å². The topological polar surface area (TPSA) is 46.9 Å². The Morgan fingerprint density at radius 2 is 2.08 bits per heavy atom. The summed E-state index contributed by atoms with van der Waals surface area (Å²) in [7, 11) is 1.90. The summed E-state index contributed by atoms with van der Waals surface area (Å²) in [5.41, 5.74) is 5.73. The normalized spacial score (nSPS) is 12.4. The molecule has 25 heavy (non-hydrogen) atoms. The number of hydrogen-bond donors (Lipinski definition) is 1. The lowest BCUT2D eigenvalue weighted by Gasteiger charge is -2.17. The van der Waals surface area contributed by atoms with Crippen LogP contribution in [0.2, 0.25) is 0 Å². The molecular formula is C20H19N3OS. The first kappa shape index (κ1) is 16.0. The summed E-state index contributed by atoms with van der Waals surface area (Å²) >= 11 is 1.76. The summed E-state index contributed by atoms with van der Waals surface area (Å²) in [6.45, 7) is 2.10. The Bertz CT molecular complexity index is 961. The van der Waals surface area contributed by atoms with Crippen molar-refractivity contribution in [2.75, 3.05) is 5.32 Å². The van der Waals surface area contributed by atoms with Gasteiger partial charge in [-0.1, -0.05) is 37.3 Å². The Morgan fingerprint density at radius 1 is 1.24 bits per heavy atom. The summed E-state index contributed by atoms with van der Waals surface area (Å²) in [4.78, 5) is 14.1. The fourth-order valence-electron chi connectivity index (χ4n) is 3.22. The monoisotopic (exact) mass is 349 g/mol. The highest BCUT2D eigenvalue weighted by Gasteiger charge is 2.27. The fraction of sp³-hybridized carbons (Fsp3) is 0.200. The van der Waals surface area contributed by atoms with Gasteiger partial charge in [-0.15, -0.1) is 11.8 Å². The van der Waals surface area contributed by atoms with Crippen molar-refractivity contribution in [2.24, 2.45) is 7.05 Å². The van der Waals surface area contributed by atoms with E-state index in [2.05, 4.69) is 35.5 Å². The van der Waals surface area contributed by atoms with Crippen LogP contribution in [0.25, 0.3) is 11.3 Å². The molecule has 4 nitrogen and oxygen atoms in total. The summed E-state index contributed by atoms with van der Waals surface area (Å²) in [5.74, 6) is 0.614. The van der Waals surface area contributed by atoms with E-state index in [9.17, 15) is 4.79 Å². The molecule has 5 heteroatoms. The molecule has 1 amide bonds. The highest BCUT2D eigenvalue weighted by molar-refractivity contribution is 7.98. The highest BCUT2D eigenvalue weighted by atomic mass is 32.2. The predicted molar refractivity (Wildman–Crippen MR) is 102 cm³/mol. The van der Waals surface area contributed by atoms with Crippen molar-refractivity contribution in [3.63, 3.8) is 0 Å². The molecule has 0 atom stereocenters. The summed E-state index contributed by atoms with van der Waals surface area (Å²) in [6.07, 6.45) is 0.941. The summed E-state index contributed by atoms with van der Waals surface area (Å²) in [6, 6.07) is 16.2. The third kappa shape index (κ3) is 2.85. The van der Waals surface area contributed by atoms with E-state index in [1.807, 2.05) is 42.1 Å². The van der Waals surface area contributed by atoms with Crippen LogP contribution in [0.3, 0.4) is 0 Å². The third-order valence-corrected chi connectivity index (χ3v) is 5.57. The molecule has 1 N–H and O–H groups in total. The van der Waals surface area contributed by atoms with Gasteiger partial charge in [0.25, 0.3) is 5.91 Å². The number of rotatable bonds is 3. The van der Waals surface area contributed by atoms with Crippen molar-refractivity contribution >= 4 is 23.4 Å². The summed E-state index contributed by atoms with van der Waals surface area (Å²) < 4.78 is 1.82. The number of thioether (sulfide) groups is 1. The third-order valence-electron chi connectivity index (χ3n) is 4.47. The Balaban J connectivity index is 1.70. The minimum Gasteiger partial charge on any atom is -0.321 e. The SMILES string of the molecule is CCc1cccc(NC(=O)c2nn(C)c3c2CSc2ccccc2-3)c1. The number of anilines is 1. The first-order chi connectivity index (χ1) is 12.2. The van der Waals surface area contributed by atoms with Crippen molar-refractivity contribution in [3.8, 4) is 11.3 Å². The maximum atomic E-state index is 12.8. The molecule has 4 rings (SSSR count). The average molecular weight is 349 g/mol. The molecule has 0 fully saturated rings. The number of amides is 1. The van der Waals surface area contributed by atoms with Crippen molar-refractivity contribution in [2.45, 2.75) is 24.0 Å². The van der Waals surface area contributed by atoms with Crippen LogP contribution in [-0.2, 0) is 19.2 Å². The number of nitrogens with zero attached hydrogens (tertiary/aromatic N) is 2. The quantitative estimate of drug-likeness (QED) is 0.757. The van der Waals surface area contributed by atoms with Gasteiger partial charge in [0, 0.05) is 34.5 Å². The van der Waals surface area contributed by atoms with E-state index < -0.39 is 0 Å². The van der Waals surface area contributed by atoms with Gasteiger partial charge in [0.15, 0.2) is 5.69 Å². The molecule has 1 aliphatic rings. The molecule has 0 saturated carbocycles. The summed E-state index contributed by atoms with van der Waals surface area (Å²) in [5, 5.41) is 7.52. The Hall–Kier alpha value is -2.53. The van der Waals surface area contributed by atoms with E-state index in [4.69, 9.17) is 0 Å². The second kappa shape index (κ2) is 6.41. The Morgan fingerprint density at radius 3 is 2.92 bits per heavy atom. The zero-order valence-corrected chi connectivity index (χ0v) is 15.1. The van der Waals surface area contributed by atoms with Crippen LogP contribution in [0, 0.1) is 0 Å². The van der Waals surface area contributed by atoms with E-state index in [-0.39, 0.29) is 5.91 Å². The molecule has 0 spiro atoms. The number of aryl methyl sites for hydroxylation is 2. The molecule has 0 aliphatic carbocycles. The van der Waals surface area contributed by atoms with Crippen LogP contribution >= 0.6 is 11.8 Å². The number of benzene rings is 2. The Labute approximate surface area is 151 Å². The van der Waals surface area contributed by atoms with Crippen LogP contribution < -0.4 is 5.32 Å². The minimum absolute atomic E-state index is 0.148. The number of nitrogens with one attached hydrogen (secondary N) is 1. The molecule has 126 valence electrons. The molecule has 2 heterocycles. The predicted octanol–water partition coefficient (Wildman–Crippen LogP) is 4.51. The van der Waals surface area contributed by atoms with Crippen LogP contribution in [-0.4, -0.2) is 15.7 Å². The first-order valence-electron chi connectivity index (χ1n) is 8.35. The molecular weight excluding hydrogens is 330 g/mol. The van der Waals surface area contributed by atoms with E-state index in [1.165, 1.54) is 10.5 Å². The highest BCUT2D eigenvalue weighted by Crippen LogP contribution is 2.42. The number of aromatic nitrogens is 2. The lowest BCUT2D eigenvalue weighted by Crippen LogP contribution is -2.15. The molecule has 0 saturated heterocycles. The molecule has 0 unspecified atom stereocenters. The average Bonchev–Trinajstić information content (AvgIpc) is 2.99. The number of fused-ring (bicyclic) bond motifs is 3. The molecule has 0 bridgehead atoms. The van der Waals surface area contributed by atoms with Crippen LogP contribution in [0.5, 0.6) is 0 Å². The van der Waals surface area contributed by atoms with Gasteiger partial charge in [0.2, 0.25) is 0 Å². The number of carbonyl (C=O) groups is 1. The second-order valence-electron chi connectivity index (χ2n) is 6.09. The molecule has 0 radical (unpaired) electrons. The van der Waals surface area contributed by atoms with Gasteiger partial charge < -0.3 is 5.32 Å².